The third-order valence-electron chi connectivity index (χ3n) is 9.54. The smallest absolute Gasteiger partial charge is 0.417 e. The van der Waals surface area contributed by atoms with Crippen molar-refractivity contribution in [2.45, 2.75) is 102 Å². The number of hydrogen-bond acceptors (Lipinski definition) is 14. The summed E-state index contributed by atoms with van der Waals surface area (Å²) in [5.74, 6) is -1.97. The first kappa shape index (κ1) is 40.9. The number of methoxy groups -OCH3 is 1. The van der Waals surface area contributed by atoms with Gasteiger partial charge in [0.25, 0.3) is 0 Å². The monoisotopic (exact) mass is 777 g/mol. The summed E-state index contributed by atoms with van der Waals surface area (Å²) in [6, 6.07) is 27.7. The van der Waals surface area contributed by atoms with Gasteiger partial charge in [-0.15, -0.1) is 0 Å². The van der Waals surface area contributed by atoms with Crippen LogP contribution >= 0.6 is 0 Å². The molecule has 3 saturated heterocycles. The van der Waals surface area contributed by atoms with E-state index in [0.717, 1.165) is 21.6 Å². The highest BCUT2D eigenvalue weighted by molar-refractivity contribution is 5.92. The summed E-state index contributed by atoms with van der Waals surface area (Å²) >= 11 is 0. The first-order valence-corrected chi connectivity index (χ1v) is 18.4. The first-order chi connectivity index (χ1) is 27.1. The topological polar surface area (TPSA) is 164 Å². The van der Waals surface area contributed by atoms with Gasteiger partial charge >= 0.3 is 18.0 Å². The molecule has 3 aromatic rings. The highest BCUT2D eigenvalue weighted by Crippen LogP contribution is 2.37. The van der Waals surface area contributed by atoms with Crippen LogP contribution in [-0.2, 0) is 81.6 Å². The molecule has 3 heterocycles. The van der Waals surface area contributed by atoms with E-state index in [1.807, 2.05) is 91.0 Å². The molecule has 0 N–H and O–H groups in total. The summed E-state index contributed by atoms with van der Waals surface area (Å²) in [5.41, 5.74) is 2.74. The van der Waals surface area contributed by atoms with E-state index in [0.29, 0.717) is 0 Å². The molecule has 56 heavy (non-hydrogen) atoms. The Bertz CT molecular complexity index is 1750. The highest BCUT2D eigenvalue weighted by atomic mass is 16.7. The Hall–Kier alpha value is -4.74. The molecular formula is C41H47NO14. The molecule has 0 aromatic heterocycles. The molecule has 15 heteroatoms. The van der Waals surface area contributed by atoms with E-state index in [4.69, 9.17) is 47.4 Å². The lowest BCUT2D eigenvalue weighted by atomic mass is 9.95. The second kappa shape index (κ2) is 19.4. The van der Waals surface area contributed by atoms with Gasteiger partial charge in [-0.3, -0.25) is 14.4 Å². The Morgan fingerprint density at radius 3 is 1.61 bits per heavy atom. The molecule has 0 spiro atoms. The first-order valence-electron chi connectivity index (χ1n) is 18.4. The van der Waals surface area contributed by atoms with Crippen molar-refractivity contribution in [3.8, 4) is 0 Å². The molecule has 3 aliphatic heterocycles. The maximum atomic E-state index is 13.1. The molecular weight excluding hydrogens is 730 g/mol. The molecule has 10 atom stereocenters. The summed E-state index contributed by atoms with van der Waals surface area (Å²) in [4.78, 5) is 50.8. The van der Waals surface area contributed by atoms with Gasteiger partial charge in [0.1, 0.15) is 43.2 Å². The summed E-state index contributed by atoms with van der Waals surface area (Å²) in [6.07, 6.45) is -10.1. The van der Waals surface area contributed by atoms with Crippen LogP contribution in [-0.4, -0.2) is 111 Å². The van der Waals surface area contributed by atoms with E-state index < -0.39 is 85.3 Å². The predicted octanol–water partition coefficient (Wildman–Crippen LogP) is 4.09. The second-order valence-electron chi connectivity index (χ2n) is 13.5. The number of imide groups is 1. The van der Waals surface area contributed by atoms with Gasteiger partial charge in [0.2, 0.25) is 5.91 Å². The van der Waals surface area contributed by atoms with E-state index in [1.165, 1.54) is 27.9 Å². The van der Waals surface area contributed by atoms with E-state index in [1.54, 1.807) is 0 Å². The zero-order chi connectivity index (χ0) is 39.6. The van der Waals surface area contributed by atoms with Crippen LogP contribution in [0.2, 0.25) is 0 Å². The molecule has 0 saturated carbocycles. The number of ether oxygens (including phenoxy) is 10. The van der Waals surface area contributed by atoms with Crippen molar-refractivity contribution in [2.24, 2.45) is 0 Å². The SMILES string of the molecule is CO[C@H]1O[C@H](CO[C@H]2O[C@H](COC(C)=O)[C@@H](OC(C)=O)[C@@H]3OC(=O)N(C(C)=O)[C@@H]23)[C@@H](OCc2ccccc2)[C@H](OCc2ccccc2)[C@@H]1OCc1ccccc1. The van der Waals surface area contributed by atoms with Gasteiger partial charge in [-0.2, -0.15) is 0 Å². The fourth-order valence-corrected chi connectivity index (χ4v) is 7.00. The highest BCUT2D eigenvalue weighted by Gasteiger charge is 2.60. The Morgan fingerprint density at radius 1 is 0.607 bits per heavy atom. The third kappa shape index (κ3) is 10.2. The lowest BCUT2D eigenvalue weighted by molar-refractivity contribution is -0.334. The molecule has 3 aliphatic rings. The maximum absolute atomic E-state index is 13.1. The van der Waals surface area contributed by atoms with Crippen LogP contribution in [0, 0.1) is 0 Å². The normalized spacial score (nSPS) is 28.6. The number of hydrogen-bond donors (Lipinski definition) is 0. The number of rotatable bonds is 16. The molecule has 6 rings (SSSR count). The van der Waals surface area contributed by atoms with Crippen molar-refractivity contribution in [1.82, 2.24) is 4.90 Å². The van der Waals surface area contributed by atoms with Crippen molar-refractivity contribution in [1.29, 1.82) is 0 Å². The minimum atomic E-state index is -1.35. The molecule has 0 unspecified atom stereocenters. The molecule has 300 valence electrons. The number of amides is 2. The quantitative estimate of drug-likeness (QED) is 0.151. The molecule has 0 radical (unpaired) electrons. The Balaban J connectivity index is 1.31. The molecule has 3 fully saturated rings. The average Bonchev–Trinajstić information content (AvgIpc) is 3.56. The van der Waals surface area contributed by atoms with Gasteiger partial charge in [0.05, 0.1) is 26.4 Å². The number of fused-ring (bicyclic) bond motifs is 1. The standard InChI is InChI=1S/C41H47NO14/c1-25(43)42-33-36(56-41(42)46)35(53-27(3)45)32(23-48-26(2)44)54-39(33)52-24-31-34(49-20-28-14-8-5-9-15-28)37(50-21-29-16-10-6-11-17-29)38(40(47-4)55-31)51-22-30-18-12-7-13-19-30/h5-19,31-40H,20-24H2,1-4H3/t31-,32-,33-,34-,35-,36-,37+,38+,39+,40+/m1/s1. The van der Waals surface area contributed by atoms with Crippen molar-refractivity contribution >= 4 is 23.9 Å². The number of esters is 2. The van der Waals surface area contributed by atoms with Gasteiger partial charge in [0, 0.05) is 27.9 Å². The van der Waals surface area contributed by atoms with Gasteiger partial charge in [-0.25, -0.2) is 9.69 Å². The summed E-state index contributed by atoms with van der Waals surface area (Å²) in [6.45, 7) is 3.60. The fraction of sp³-hybridized carbons (Fsp3) is 0.463. The maximum Gasteiger partial charge on any atom is 0.417 e. The Labute approximate surface area is 324 Å². The Morgan fingerprint density at radius 2 is 1.11 bits per heavy atom. The van der Waals surface area contributed by atoms with Crippen LogP contribution in [0.3, 0.4) is 0 Å². The number of nitrogens with zero attached hydrogens (tertiary/aromatic N) is 1. The number of carbonyl (C=O) groups excluding carboxylic acids is 4. The molecule has 15 nitrogen and oxygen atoms in total. The van der Waals surface area contributed by atoms with Gasteiger partial charge in [0.15, 0.2) is 24.8 Å². The average molecular weight is 778 g/mol. The third-order valence-corrected chi connectivity index (χ3v) is 9.54. The lowest BCUT2D eigenvalue weighted by Crippen LogP contribution is -2.64. The van der Waals surface area contributed by atoms with E-state index in [2.05, 4.69) is 0 Å². The van der Waals surface area contributed by atoms with Crippen molar-refractivity contribution in [3.63, 3.8) is 0 Å². The van der Waals surface area contributed by atoms with Crippen LogP contribution in [0.4, 0.5) is 4.79 Å². The minimum Gasteiger partial charge on any atom is -0.463 e. The number of benzene rings is 3. The van der Waals surface area contributed by atoms with Crippen LogP contribution in [0.15, 0.2) is 91.0 Å². The van der Waals surface area contributed by atoms with Gasteiger partial charge in [-0.1, -0.05) is 91.0 Å². The largest absolute Gasteiger partial charge is 0.463 e. The summed E-state index contributed by atoms with van der Waals surface area (Å²) < 4.78 is 61.3. The summed E-state index contributed by atoms with van der Waals surface area (Å²) in [7, 11) is 1.50. The molecule has 0 bridgehead atoms. The zero-order valence-electron chi connectivity index (χ0n) is 31.6. The van der Waals surface area contributed by atoms with Crippen molar-refractivity contribution in [2.75, 3.05) is 20.3 Å². The Kier molecular flexibility index (Phi) is 14.2. The van der Waals surface area contributed by atoms with Crippen molar-refractivity contribution < 1.29 is 66.5 Å². The number of carbonyl (C=O) groups is 4. The molecule has 2 amide bonds. The van der Waals surface area contributed by atoms with Gasteiger partial charge in [-0.05, 0) is 16.7 Å². The fourth-order valence-electron chi connectivity index (χ4n) is 7.00. The van der Waals surface area contributed by atoms with E-state index >= 15 is 0 Å². The van der Waals surface area contributed by atoms with Crippen LogP contribution in [0.25, 0.3) is 0 Å². The lowest BCUT2D eigenvalue weighted by Gasteiger charge is -2.46. The molecule has 3 aromatic carbocycles. The second-order valence-corrected chi connectivity index (χ2v) is 13.5. The van der Waals surface area contributed by atoms with Gasteiger partial charge < -0.3 is 47.4 Å². The predicted molar refractivity (Wildman–Crippen MR) is 194 cm³/mol. The van der Waals surface area contributed by atoms with Crippen molar-refractivity contribution in [3.05, 3.63) is 108 Å². The molecule has 0 aliphatic carbocycles. The summed E-state index contributed by atoms with van der Waals surface area (Å²) in [5, 5.41) is 0. The minimum absolute atomic E-state index is 0.180. The van der Waals surface area contributed by atoms with E-state index in [9.17, 15) is 19.2 Å². The van der Waals surface area contributed by atoms with Crippen LogP contribution in [0.1, 0.15) is 37.5 Å². The van der Waals surface area contributed by atoms with Crippen LogP contribution < -0.4 is 0 Å². The zero-order valence-corrected chi connectivity index (χ0v) is 31.6. The van der Waals surface area contributed by atoms with E-state index in [-0.39, 0.29) is 33.0 Å². The van der Waals surface area contributed by atoms with Crippen LogP contribution in [0.5, 0.6) is 0 Å².